The summed E-state index contributed by atoms with van der Waals surface area (Å²) in [6.45, 7) is 16.6. The molecule has 258 valence electrons. The van der Waals surface area contributed by atoms with Crippen LogP contribution in [0, 0.1) is 0 Å². The van der Waals surface area contributed by atoms with E-state index in [0.717, 1.165) is 74.4 Å². The molecule has 0 atom stereocenters. The van der Waals surface area contributed by atoms with Gasteiger partial charge in [-0.05, 0) is 112 Å². The van der Waals surface area contributed by atoms with E-state index >= 15 is 0 Å². The third kappa shape index (κ3) is 18.1. The van der Waals surface area contributed by atoms with Crippen LogP contribution in [0.3, 0.4) is 0 Å². The third-order valence-corrected chi connectivity index (χ3v) is 8.42. The van der Waals surface area contributed by atoms with Gasteiger partial charge >= 0.3 is 0 Å². The van der Waals surface area contributed by atoms with Gasteiger partial charge < -0.3 is 19.3 Å². The van der Waals surface area contributed by atoms with E-state index in [2.05, 4.69) is 61.8 Å². The quantitative estimate of drug-likeness (QED) is 0.0889. The van der Waals surface area contributed by atoms with Crippen molar-refractivity contribution in [2.24, 2.45) is 0 Å². The number of unbranched alkanes of at least 4 members (excludes halogenated alkanes) is 4. The van der Waals surface area contributed by atoms with Gasteiger partial charge in [0.2, 0.25) is 0 Å². The fourth-order valence-corrected chi connectivity index (χ4v) is 5.59. The molecule has 2 aromatic rings. The number of carbonyl (C=O) groups excluding carboxylic acids is 2. The number of ketones is 2. The molecule has 0 amide bonds. The molecular formula is C40H64N2O4. The van der Waals surface area contributed by atoms with Crippen molar-refractivity contribution in [1.82, 2.24) is 9.80 Å². The van der Waals surface area contributed by atoms with E-state index in [1.54, 1.807) is 0 Å². The van der Waals surface area contributed by atoms with Crippen molar-refractivity contribution in [3.05, 3.63) is 59.7 Å². The molecule has 0 aliphatic rings. The van der Waals surface area contributed by atoms with E-state index in [4.69, 9.17) is 9.47 Å². The summed E-state index contributed by atoms with van der Waals surface area (Å²) in [5.74, 6) is 0.350. The highest BCUT2D eigenvalue weighted by atomic mass is 16.5. The van der Waals surface area contributed by atoms with Gasteiger partial charge in [-0.1, -0.05) is 89.8 Å². The second kappa shape index (κ2) is 25.7. The van der Waals surface area contributed by atoms with Gasteiger partial charge in [0.15, 0.2) is 11.6 Å². The minimum atomic E-state index is 0.162. The van der Waals surface area contributed by atoms with E-state index in [9.17, 15) is 9.59 Å². The Morgan fingerprint density at radius 3 is 1.22 bits per heavy atom. The fraction of sp³-hybridized carbons (Fsp3) is 0.650. The predicted octanol–water partition coefficient (Wildman–Crippen LogP) is 8.89. The smallest absolute Gasteiger partial charge is 0.158 e. The number of Topliss-reactive ketones (excluding diaryl/α,β-unsaturated/α-hetero) is 2. The Labute approximate surface area is 281 Å². The lowest BCUT2D eigenvalue weighted by Gasteiger charge is -2.21. The molecule has 0 aliphatic carbocycles. The topological polar surface area (TPSA) is 59.1 Å². The number of ether oxygens (including phenoxy) is 2. The number of hydrogen-bond acceptors (Lipinski definition) is 6. The van der Waals surface area contributed by atoms with Crippen LogP contribution in [0.25, 0.3) is 11.1 Å². The van der Waals surface area contributed by atoms with Crippen LogP contribution in [0.2, 0.25) is 0 Å². The maximum atomic E-state index is 12.5. The van der Waals surface area contributed by atoms with Gasteiger partial charge in [-0.2, -0.15) is 0 Å². The number of nitrogens with zero attached hydrogens (tertiary/aromatic N) is 2. The molecule has 0 heterocycles. The number of benzene rings is 2. The lowest BCUT2D eigenvalue weighted by molar-refractivity contribution is -0.124. The van der Waals surface area contributed by atoms with Gasteiger partial charge in [0.25, 0.3) is 0 Å². The van der Waals surface area contributed by atoms with Crippen molar-refractivity contribution in [3.63, 3.8) is 0 Å². The molecule has 0 aromatic heterocycles. The van der Waals surface area contributed by atoms with Gasteiger partial charge in [0, 0.05) is 12.8 Å². The van der Waals surface area contributed by atoms with Crippen LogP contribution in [0.5, 0.6) is 0 Å². The lowest BCUT2D eigenvalue weighted by atomic mass is 10.0. The van der Waals surface area contributed by atoms with Crippen molar-refractivity contribution >= 4 is 11.6 Å². The summed E-state index contributed by atoms with van der Waals surface area (Å²) in [4.78, 5) is 29.9. The van der Waals surface area contributed by atoms with Gasteiger partial charge in [0.05, 0.1) is 13.2 Å². The molecule has 0 fully saturated rings. The van der Waals surface area contributed by atoms with Crippen LogP contribution in [-0.2, 0) is 32.3 Å². The number of rotatable bonds is 29. The molecule has 0 spiro atoms. The lowest BCUT2D eigenvalue weighted by Crippen LogP contribution is -2.27. The highest BCUT2D eigenvalue weighted by molar-refractivity contribution is 5.80. The summed E-state index contributed by atoms with van der Waals surface area (Å²) >= 11 is 0. The molecule has 6 heteroatoms. The minimum Gasteiger partial charge on any atom is -0.369 e. The summed E-state index contributed by atoms with van der Waals surface area (Å²) in [5, 5.41) is 0. The van der Waals surface area contributed by atoms with Crippen molar-refractivity contribution in [1.29, 1.82) is 0 Å². The molecule has 0 saturated heterocycles. The Hall–Kier alpha value is -2.38. The second-order valence-corrected chi connectivity index (χ2v) is 12.8. The van der Waals surface area contributed by atoms with E-state index in [1.165, 1.54) is 51.4 Å². The van der Waals surface area contributed by atoms with Crippen LogP contribution in [0.15, 0.2) is 48.5 Å². The van der Waals surface area contributed by atoms with Crippen molar-refractivity contribution < 1.29 is 19.1 Å². The Kier molecular flexibility index (Phi) is 22.2. The highest BCUT2D eigenvalue weighted by Crippen LogP contribution is 2.22. The molecule has 0 saturated carbocycles. The first-order valence-corrected chi connectivity index (χ1v) is 18.3. The van der Waals surface area contributed by atoms with E-state index in [0.29, 0.717) is 26.1 Å². The molecule has 2 rings (SSSR count). The van der Waals surface area contributed by atoms with Crippen molar-refractivity contribution in [3.8, 4) is 11.1 Å². The maximum absolute atomic E-state index is 12.5. The van der Waals surface area contributed by atoms with Gasteiger partial charge in [-0.3, -0.25) is 9.59 Å². The van der Waals surface area contributed by atoms with Gasteiger partial charge in [0.1, 0.15) is 13.2 Å². The third-order valence-electron chi connectivity index (χ3n) is 8.42. The van der Waals surface area contributed by atoms with E-state index in [1.807, 2.05) is 24.3 Å². The van der Waals surface area contributed by atoms with Crippen LogP contribution in [0.4, 0.5) is 0 Å². The molecule has 0 unspecified atom stereocenters. The summed E-state index contributed by atoms with van der Waals surface area (Å²) in [6, 6.07) is 16.6. The molecule has 0 radical (unpaired) electrons. The Morgan fingerprint density at radius 1 is 0.522 bits per heavy atom. The average Bonchev–Trinajstić information content (AvgIpc) is 3.07. The fourth-order valence-electron chi connectivity index (χ4n) is 5.59. The SMILES string of the molecule is CCCCN(CCCC)CCCC(=O)COCc1cccc(-c2cccc(COCC(=O)CCCN(CCCC)CCCC)c2)c1. The molecule has 2 aromatic carbocycles. The normalized spacial score (nSPS) is 11.5. The Morgan fingerprint density at radius 2 is 0.870 bits per heavy atom. The first kappa shape index (κ1) is 39.8. The van der Waals surface area contributed by atoms with E-state index < -0.39 is 0 Å². The Balaban J connectivity index is 1.73. The maximum Gasteiger partial charge on any atom is 0.158 e. The molecule has 6 nitrogen and oxygen atoms in total. The zero-order valence-corrected chi connectivity index (χ0v) is 29.7. The second-order valence-electron chi connectivity index (χ2n) is 12.8. The molecule has 46 heavy (non-hydrogen) atoms. The minimum absolute atomic E-state index is 0.162. The summed E-state index contributed by atoms with van der Waals surface area (Å²) in [7, 11) is 0. The largest absolute Gasteiger partial charge is 0.369 e. The molecule has 0 bridgehead atoms. The van der Waals surface area contributed by atoms with Crippen molar-refractivity contribution in [2.75, 3.05) is 52.5 Å². The zero-order valence-electron chi connectivity index (χ0n) is 29.7. The highest BCUT2D eigenvalue weighted by Gasteiger charge is 2.10. The molecular weight excluding hydrogens is 572 g/mol. The van der Waals surface area contributed by atoms with Crippen LogP contribution < -0.4 is 0 Å². The monoisotopic (exact) mass is 636 g/mol. The van der Waals surface area contributed by atoms with Crippen molar-refractivity contribution in [2.45, 2.75) is 118 Å². The van der Waals surface area contributed by atoms with Crippen LogP contribution >= 0.6 is 0 Å². The number of carbonyl (C=O) groups is 2. The molecule has 0 aliphatic heterocycles. The Bertz CT molecular complexity index is 987. The molecule has 0 N–H and O–H groups in total. The van der Waals surface area contributed by atoms with E-state index in [-0.39, 0.29) is 24.8 Å². The first-order valence-electron chi connectivity index (χ1n) is 18.3. The summed E-state index contributed by atoms with van der Waals surface area (Å²) < 4.78 is 11.6. The summed E-state index contributed by atoms with van der Waals surface area (Å²) in [5.41, 5.74) is 4.29. The standard InChI is InChI=1S/C40H64N2O4/c1-5-9-23-41(24-10-6-2)27-15-21-39(43)33-45-31-35-17-13-19-37(29-35)38-20-14-18-36(30-38)32-46-34-40(44)22-16-28-42(25-11-7-3)26-12-8-4/h13-14,17-20,29-30H,5-12,15-16,21-28,31-34H2,1-4H3. The van der Waals surface area contributed by atoms with Crippen LogP contribution in [0.1, 0.15) is 116 Å². The number of hydrogen-bond donors (Lipinski definition) is 0. The first-order chi connectivity index (χ1) is 22.5. The van der Waals surface area contributed by atoms with Gasteiger partial charge in [-0.25, -0.2) is 0 Å². The van der Waals surface area contributed by atoms with Gasteiger partial charge in [-0.15, -0.1) is 0 Å². The van der Waals surface area contributed by atoms with Crippen LogP contribution in [-0.4, -0.2) is 73.8 Å². The summed E-state index contributed by atoms with van der Waals surface area (Å²) in [6.07, 6.45) is 12.6. The average molecular weight is 637 g/mol. The predicted molar refractivity (Wildman–Crippen MR) is 192 cm³/mol. The zero-order chi connectivity index (χ0) is 33.2.